The van der Waals surface area contributed by atoms with Crippen LogP contribution < -0.4 is 16.4 Å². The van der Waals surface area contributed by atoms with Gasteiger partial charge in [0.05, 0.1) is 6.42 Å². The number of carbonyl (C=O) groups is 1. The second-order valence-corrected chi connectivity index (χ2v) is 6.02. The van der Waals surface area contributed by atoms with Crippen LogP contribution in [0.1, 0.15) is 37.4 Å². The second kappa shape index (κ2) is 4.94. The van der Waals surface area contributed by atoms with Crippen LogP contribution in [0.15, 0.2) is 18.2 Å². The first-order chi connectivity index (χ1) is 8.86. The summed E-state index contributed by atoms with van der Waals surface area (Å²) in [7, 11) is 1.81. The summed E-state index contributed by atoms with van der Waals surface area (Å²) in [5.74, 6) is 0.141. The lowest BCUT2D eigenvalue weighted by Crippen LogP contribution is -2.31. The van der Waals surface area contributed by atoms with Crippen molar-refractivity contribution < 1.29 is 4.79 Å². The highest BCUT2D eigenvalue weighted by Crippen LogP contribution is 2.37. The summed E-state index contributed by atoms with van der Waals surface area (Å²) in [6, 6.07) is 6.02. The molecule has 4 heteroatoms. The first-order valence-electron chi connectivity index (χ1n) is 6.72. The van der Waals surface area contributed by atoms with E-state index in [1.54, 1.807) is 4.90 Å². The van der Waals surface area contributed by atoms with Gasteiger partial charge in [0.15, 0.2) is 0 Å². The predicted molar refractivity (Wildman–Crippen MR) is 77.9 cm³/mol. The fourth-order valence-corrected chi connectivity index (χ4v) is 2.66. The molecule has 0 bridgehead atoms. The molecule has 0 aromatic heterocycles. The van der Waals surface area contributed by atoms with E-state index >= 15 is 0 Å². The van der Waals surface area contributed by atoms with Crippen LogP contribution in [0, 0.1) is 5.41 Å². The molecule has 1 aliphatic rings. The summed E-state index contributed by atoms with van der Waals surface area (Å²) in [6.45, 7) is 4.90. The fraction of sp³-hybridized carbons (Fsp3) is 0.533. The number of likely N-dealkylation sites (N-methyl/N-ethyl adjacent to an activating group) is 1. The molecule has 0 radical (unpaired) electrons. The minimum absolute atomic E-state index is 0.0441. The van der Waals surface area contributed by atoms with Gasteiger partial charge in [-0.1, -0.05) is 26.0 Å². The monoisotopic (exact) mass is 261 g/mol. The Balaban J connectivity index is 2.29. The maximum Gasteiger partial charge on any atom is 0.231 e. The molecule has 0 saturated carbocycles. The third kappa shape index (κ3) is 2.51. The SMILES string of the molecule is CN1C(=O)Cc2cc(C(N)C(C)(C)CCN)ccc21. The molecule has 1 aromatic rings. The average molecular weight is 261 g/mol. The quantitative estimate of drug-likeness (QED) is 0.864. The van der Waals surface area contributed by atoms with Crippen molar-refractivity contribution in [3.05, 3.63) is 29.3 Å². The Labute approximate surface area is 114 Å². The van der Waals surface area contributed by atoms with E-state index in [1.165, 1.54) is 0 Å². The zero-order chi connectivity index (χ0) is 14.2. The maximum absolute atomic E-state index is 11.7. The fourth-order valence-electron chi connectivity index (χ4n) is 2.66. The number of nitrogens with two attached hydrogens (primary N) is 2. The van der Waals surface area contributed by atoms with E-state index in [0.29, 0.717) is 13.0 Å². The van der Waals surface area contributed by atoms with Crippen LogP contribution >= 0.6 is 0 Å². The Kier molecular flexibility index (Phi) is 3.65. The van der Waals surface area contributed by atoms with Crippen LogP contribution in [-0.4, -0.2) is 19.5 Å². The molecule has 2 rings (SSSR count). The summed E-state index contributed by atoms with van der Waals surface area (Å²) >= 11 is 0. The van der Waals surface area contributed by atoms with Crippen molar-refractivity contribution in [1.29, 1.82) is 0 Å². The molecule has 4 nitrogen and oxygen atoms in total. The van der Waals surface area contributed by atoms with Gasteiger partial charge >= 0.3 is 0 Å². The molecule has 0 saturated heterocycles. The summed E-state index contributed by atoms with van der Waals surface area (Å²) < 4.78 is 0. The zero-order valence-electron chi connectivity index (χ0n) is 11.9. The van der Waals surface area contributed by atoms with E-state index in [4.69, 9.17) is 11.5 Å². The van der Waals surface area contributed by atoms with Crippen LogP contribution in [0.4, 0.5) is 5.69 Å². The lowest BCUT2D eigenvalue weighted by atomic mass is 9.78. The molecule has 19 heavy (non-hydrogen) atoms. The Morgan fingerprint density at radius 1 is 1.42 bits per heavy atom. The second-order valence-electron chi connectivity index (χ2n) is 6.02. The van der Waals surface area contributed by atoms with Crippen molar-refractivity contribution in [2.75, 3.05) is 18.5 Å². The van der Waals surface area contributed by atoms with Crippen molar-refractivity contribution in [3.63, 3.8) is 0 Å². The molecular formula is C15H23N3O. The third-order valence-corrected chi connectivity index (χ3v) is 4.17. The van der Waals surface area contributed by atoms with Gasteiger partial charge in [-0.3, -0.25) is 4.79 Å². The summed E-state index contributed by atoms with van der Waals surface area (Å²) in [5, 5.41) is 0. The van der Waals surface area contributed by atoms with Gasteiger partial charge < -0.3 is 16.4 Å². The number of hydrogen-bond donors (Lipinski definition) is 2. The van der Waals surface area contributed by atoms with Crippen LogP contribution in [0.2, 0.25) is 0 Å². The predicted octanol–water partition coefficient (Wildman–Crippen LogP) is 1.58. The van der Waals surface area contributed by atoms with E-state index in [9.17, 15) is 4.79 Å². The first-order valence-corrected chi connectivity index (χ1v) is 6.72. The normalized spacial score (nSPS) is 16.7. The molecule has 0 aliphatic carbocycles. The van der Waals surface area contributed by atoms with E-state index in [-0.39, 0.29) is 17.4 Å². The van der Waals surface area contributed by atoms with Crippen LogP contribution in [0.3, 0.4) is 0 Å². The lowest BCUT2D eigenvalue weighted by molar-refractivity contribution is -0.117. The molecule has 1 aromatic carbocycles. The minimum atomic E-state index is -0.0673. The number of hydrogen-bond acceptors (Lipinski definition) is 3. The summed E-state index contributed by atoms with van der Waals surface area (Å²) in [6.07, 6.45) is 1.35. The summed E-state index contributed by atoms with van der Waals surface area (Å²) in [4.78, 5) is 13.4. The third-order valence-electron chi connectivity index (χ3n) is 4.17. The highest BCUT2D eigenvalue weighted by molar-refractivity contribution is 6.00. The summed E-state index contributed by atoms with van der Waals surface area (Å²) in [5.41, 5.74) is 15.1. The van der Waals surface area contributed by atoms with Crippen LogP contribution in [0.5, 0.6) is 0 Å². The number of rotatable bonds is 4. The van der Waals surface area contributed by atoms with Gasteiger partial charge in [0.2, 0.25) is 5.91 Å². The van der Waals surface area contributed by atoms with Crippen molar-refractivity contribution in [3.8, 4) is 0 Å². The molecule has 1 amide bonds. The number of amides is 1. The van der Waals surface area contributed by atoms with Gasteiger partial charge in [-0.15, -0.1) is 0 Å². The Morgan fingerprint density at radius 3 is 2.74 bits per heavy atom. The molecule has 1 heterocycles. The Morgan fingerprint density at radius 2 is 2.11 bits per heavy atom. The molecule has 1 aliphatic heterocycles. The van der Waals surface area contributed by atoms with Gasteiger partial charge in [0, 0.05) is 18.8 Å². The molecule has 0 fully saturated rings. The molecule has 0 spiro atoms. The maximum atomic E-state index is 11.7. The lowest BCUT2D eigenvalue weighted by Gasteiger charge is -2.32. The van der Waals surface area contributed by atoms with Gasteiger partial charge in [-0.2, -0.15) is 0 Å². The van der Waals surface area contributed by atoms with E-state index in [1.807, 2.05) is 19.2 Å². The zero-order valence-corrected chi connectivity index (χ0v) is 11.9. The smallest absolute Gasteiger partial charge is 0.231 e. The Bertz CT molecular complexity index is 496. The largest absolute Gasteiger partial charge is 0.330 e. The molecule has 1 unspecified atom stereocenters. The highest BCUT2D eigenvalue weighted by atomic mass is 16.2. The molecular weight excluding hydrogens is 238 g/mol. The number of carbonyl (C=O) groups excluding carboxylic acids is 1. The van der Waals surface area contributed by atoms with Crippen molar-refractivity contribution >= 4 is 11.6 Å². The van der Waals surface area contributed by atoms with E-state index < -0.39 is 0 Å². The number of fused-ring (bicyclic) bond motifs is 1. The standard InChI is InChI=1S/C15H23N3O/c1-15(2,6-7-16)14(17)10-4-5-12-11(8-10)9-13(19)18(12)3/h4-5,8,14H,6-7,9,16-17H2,1-3H3. The van der Waals surface area contributed by atoms with Crippen molar-refractivity contribution in [2.45, 2.75) is 32.7 Å². The molecule has 104 valence electrons. The van der Waals surface area contributed by atoms with Crippen LogP contribution in [0.25, 0.3) is 0 Å². The van der Waals surface area contributed by atoms with Gasteiger partial charge in [0.25, 0.3) is 0 Å². The van der Waals surface area contributed by atoms with Crippen molar-refractivity contribution in [1.82, 2.24) is 0 Å². The number of benzene rings is 1. The Hall–Kier alpha value is -1.39. The average Bonchev–Trinajstić information content (AvgIpc) is 2.63. The molecule has 1 atom stereocenters. The van der Waals surface area contributed by atoms with Gasteiger partial charge in [0.1, 0.15) is 0 Å². The van der Waals surface area contributed by atoms with Crippen LogP contribution in [-0.2, 0) is 11.2 Å². The van der Waals surface area contributed by atoms with Gasteiger partial charge in [-0.25, -0.2) is 0 Å². The minimum Gasteiger partial charge on any atom is -0.330 e. The molecule has 4 N–H and O–H groups in total. The highest BCUT2D eigenvalue weighted by Gasteiger charge is 2.29. The van der Waals surface area contributed by atoms with E-state index in [2.05, 4.69) is 19.9 Å². The topological polar surface area (TPSA) is 72.3 Å². The first kappa shape index (κ1) is 14.0. The van der Waals surface area contributed by atoms with Crippen molar-refractivity contribution in [2.24, 2.45) is 16.9 Å². The number of nitrogens with zero attached hydrogens (tertiary/aromatic N) is 1. The number of anilines is 1. The van der Waals surface area contributed by atoms with E-state index in [0.717, 1.165) is 23.2 Å². The van der Waals surface area contributed by atoms with Gasteiger partial charge in [-0.05, 0) is 35.6 Å².